The van der Waals surface area contributed by atoms with Gasteiger partial charge in [-0.05, 0) is 12.5 Å². The van der Waals surface area contributed by atoms with Crippen molar-refractivity contribution in [2.75, 3.05) is 12.3 Å². The largest absolute Gasteiger partial charge is 0.397 e. The summed E-state index contributed by atoms with van der Waals surface area (Å²) in [7, 11) is 0. The fourth-order valence-electron chi connectivity index (χ4n) is 1.28. The molecule has 90 valence electrons. The Morgan fingerprint density at radius 3 is 3.00 bits per heavy atom. The van der Waals surface area contributed by atoms with Crippen LogP contribution >= 0.6 is 0 Å². The van der Waals surface area contributed by atoms with Gasteiger partial charge in [0.15, 0.2) is 0 Å². The van der Waals surface area contributed by atoms with E-state index in [4.69, 9.17) is 11.0 Å². The van der Waals surface area contributed by atoms with Crippen LogP contribution in [0.2, 0.25) is 0 Å². The van der Waals surface area contributed by atoms with Gasteiger partial charge in [-0.3, -0.25) is 9.59 Å². The fraction of sp³-hybridized carbons (Fsp3) is 0.364. The Labute approximate surface area is 98.7 Å². The summed E-state index contributed by atoms with van der Waals surface area (Å²) in [5.74, 6) is -0.314. The molecule has 0 aromatic carbocycles. The topological polar surface area (TPSA) is 101 Å². The Balaban J connectivity index is 2.69. The quantitative estimate of drug-likeness (QED) is 0.702. The highest BCUT2D eigenvalue weighted by molar-refractivity contribution is 5.75. The molecule has 0 fully saturated rings. The highest BCUT2D eigenvalue weighted by Crippen LogP contribution is 2.04. The highest BCUT2D eigenvalue weighted by atomic mass is 16.2. The van der Waals surface area contributed by atoms with Crippen LogP contribution in [0.1, 0.15) is 12.0 Å². The molecule has 1 amide bonds. The first kappa shape index (κ1) is 12.8. The van der Waals surface area contributed by atoms with Crippen molar-refractivity contribution in [2.24, 2.45) is 0 Å². The fourth-order valence-corrected chi connectivity index (χ4v) is 1.28. The third-order valence-electron chi connectivity index (χ3n) is 2.25. The Kier molecular flexibility index (Phi) is 4.29. The van der Waals surface area contributed by atoms with Gasteiger partial charge in [0.1, 0.15) is 6.54 Å². The number of aryl methyl sites for hydroxylation is 1. The van der Waals surface area contributed by atoms with Crippen molar-refractivity contribution in [1.29, 1.82) is 5.26 Å². The molecule has 0 aliphatic rings. The number of hydrogen-bond donors (Lipinski definition) is 2. The monoisotopic (exact) mass is 234 g/mol. The number of nitrogens with one attached hydrogen (secondary N) is 1. The minimum atomic E-state index is -0.314. The zero-order valence-electron chi connectivity index (χ0n) is 9.56. The van der Waals surface area contributed by atoms with E-state index in [2.05, 4.69) is 5.32 Å². The predicted octanol–water partition coefficient (Wildman–Crippen LogP) is -0.231. The minimum absolute atomic E-state index is 0.0885. The average molecular weight is 234 g/mol. The van der Waals surface area contributed by atoms with Gasteiger partial charge in [-0.15, -0.1) is 0 Å². The molecular weight excluding hydrogens is 220 g/mol. The molecule has 0 atom stereocenters. The molecule has 0 radical (unpaired) electrons. The lowest BCUT2D eigenvalue weighted by Crippen LogP contribution is -2.32. The molecule has 6 heteroatoms. The number of nitrogens with zero attached hydrogens (tertiary/aromatic N) is 2. The van der Waals surface area contributed by atoms with Crippen LogP contribution in [0.3, 0.4) is 0 Å². The van der Waals surface area contributed by atoms with Crippen LogP contribution in [-0.4, -0.2) is 17.0 Å². The lowest BCUT2D eigenvalue weighted by Gasteiger charge is -2.08. The van der Waals surface area contributed by atoms with Crippen molar-refractivity contribution < 1.29 is 4.79 Å². The number of pyridine rings is 1. The van der Waals surface area contributed by atoms with E-state index in [1.165, 1.54) is 16.8 Å². The van der Waals surface area contributed by atoms with Gasteiger partial charge in [-0.2, -0.15) is 5.26 Å². The van der Waals surface area contributed by atoms with Gasteiger partial charge in [0.25, 0.3) is 5.56 Å². The number of nitrogens with two attached hydrogens (primary N) is 1. The number of hydrogen-bond acceptors (Lipinski definition) is 4. The standard InChI is InChI=1S/C11H14N4O2/c1-8-5-11(17)15(6-9(8)13)7-10(16)14-4-2-3-12/h5-6H,2,4,7,13H2,1H3,(H,14,16). The van der Waals surface area contributed by atoms with Crippen LogP contribution in [0.25, 0.3) is 0 Å². The number of anilines is 1. The summed E-state index contributed by atoms with van der Waals surface area (Å²) in [4.78, 5) is 22.9. The van der Waals surface area contributed by atoms with Gasteiger partial charge >= 0.3 is 0 Å². The maximum Gasteiger partial charge on any atom is 0.251 e. The lowest BCUT2D eigenvalue weighted by molar-refractivity contribution is -0.121. The van der Waals surface area contributed by atoms with Crippen LogP contribution in [0.5, 0.6) is 0 Å². The van der Waals surface area contributed by atoms with Crippen molar-refractivity contribution >= 4 is 11.6 Å². The molecule has 0 bridgehead atoms. The van der Waals surface area contributed by atoms with Gasteiger partial charge < -0.3 is 15.6 Å². The van der Waals surface area contributed by atoms with Crippen molar-refractivity contribution in [3.8, 4) is 6.07 Å². The number of carbonyl (C=O) groups is 1. The van der Waals surface area contributed by atoms with Crippen molar-refractivity contribution in [2.45, 2.75) is 19.9 Å². The van der Waals surface area contributed by atoms with Crippen molar-refractivity contribution in [1.82, 2.24) is 9.88 Å². The van der Waals surface area contributed by atoms with Crippen molar-refractivity contribution in [3.05, 3.63) is 28.2 Å². The van der Waals surface area contributed by atoms with E-state index in [1.807, 2.05) is 6.07 Å². The molecule has 17 heavy (non-hydrogen) atoms. The first-order chi connectivity index (χ1) is 8.04. The van der Waals surface area contributed by atoms with Gasteiger partial charge in [-0.1, -0.05) is 0 Å². The third-order valence-corrected chi connectivity index (χ3v) is 2.25. The molecule has 3 N–H and O–H groups in total. The van der Waals surface area contributed by atoms with E-state index in [1.54, 1.807) is 6.92 Å². The van der Waals surface area contributed by atoms with Crippen LogP contribution in [0, 0.1) is 18.3 Å². The zero-order chi connectivity index (χ0) is 12.8. The molecule has 1 aromatic rings. The summed E-state index contributed by atoms with van der Waals surface area (Å²) in [6, 6.07) is 3.30. The number of nitrogen functional groups attached to an aromatic ring is 1. The summed E-state index contributed by atoms with van der Waals surface area (Å²) >= 11 is 0. The van der Waals surface area contributed by atoms with E-state index in [0.29, 0.717) is 11.3 Å². The molecular formula is C11H14N4O2. The van der Waals surface area contributed by atoms with Crippen LogP contribution in [0.4, 0.5) is 5.69 Å². The van der Waals surface area contributed by atoms with E-state index < -0.39 is 0 Å². The summed E-state index contributed by atoms with van der Waals surface area (Å²) in [5.41, 5.74) is 6.54. The third kappa shape index (κ3) is 3.65. The van der Waals surface area contributed by atoms with Crippen LogP contribution < -0.4 is 16.6 Å². The molecule has 0 saturated carbocycles. The minimum Gasteiger partial charge on any atom is -0.397 e. The average Bonchev–Trinajstić information content (AvgIpc) is 2.26. The first-order valence-electron chi connectivity index (χ1n) is 5.15. The molecule has 0 aliphatic carbocycles. The Morgan fingerprint density at radius 2 is 2.35 bits per heavy atom. The van der Waals surface area contributed by atoms with E-state index >= 15 is 0 Å². The molecule has 1 rings (SSSR count). The van der Waals surface area contributed by atoms with Gasteiger partial charge in [-0.25, -0.2) is 0 Å². The Morgan fingerprint density at radius 1 is 1.65 bits per heavy atom. The second-order valence-electron chi connectivity index (χ2n) is 3.64. The molecule has 6 nitrogen and oxygen atoms in total. The second kappa shape index (κ2) is 5.70. The number of aromatic nitrogens is 1. The molecule has 0 unspecified atom stereocenters. The molecule has 0 saturated heterocycles. The second-order valence-corrected chi connectivity index (χ2v) is 3.64. The maximum absolute atomic E-state index is 11.5. The SMILES string of the molecule is Cc1cc(=O)n(CC(=O)NCCC#N)cc1N. The molecule has 1 aromatic heterocycles. The zero-order valence-corrected chi connectivity index (χ0v) is 9.56. The number of rotatable bonds is 4. The maximum atomic E-state index is 11.5. The van der Waals surface area contributed by atoms with Gasteiger partial charge in [0.05, 0.1) is 18.2 Å². The van der Waals surface area contributed by atoms with E-state index in [-0.39, 0.29) is 31.0 Å². The predicted molar refractivity (Wildman–Crippen MR) is 63.1 cm³/mol. The van der Waals surface area contributed by atoms with E-state index in [9.17, 15) is 9.59 Å². The number of carbonyl (C=O) groups excluding carboxylic acids is 1. The highest BCUT2D eigenvalue weighted by Gasteiger charge is 2.05. The lowest BCUT2D eigenvalue weighted by atomic mass is 10.2. The molecule has 0 spiro atoms. The number of nitriles is 1. The summed E-state index contributed by atoms with van der Waals surface area (Å²) < 4.78 is 1.24. The van der Waals surface area contributed by atoms with Gasteiger partial charge in [0, 0.05) is 18.8 Å². The smallest absolute Gasteiger partial charge is 0.251 e. The van der Waals surface area contributed by atoms with Crippen LogP contribution in [-0.2, 0) is 11.3 Å². The van der Waals surface area contributed by atoms with Crippen LogP contribution in [0.15, 0.2) is 17.1 Å². The number of amides is 1. The van der Waals surface area contributed by atoms with Crippen molar-refractivity contribution in [3.63, 3.8) is 0 Å². The normalized spacial score (nSPS) is 9.65. The molecule has 0 aliphatic heterocycles. The van der Waals surface area contributed by atoms with Gasteiger partial charge in [0.2, 0.25) is 5.91 Å². The Bertz CT molecular complexity index is 513. The summed E-state index contributed by atoms with van der Waals surface area (Å²) in [5, 5.41) is 10.8. The Hall–Kier alpha value is -2.29. The van der Waals surface area contributed by atoms with E-state index in [0.717, 1.165) is 0 Å². The summed E-state index contributed by atoms with van der Waals surface area (Å²) in [6.45, 7) is 1.92. The first-order valence-corrected chi connectivity index (χ1v) is 5.15. The molecule has 1 heterocycles. The summed E-state index contributed by atoms with van der Waals surface area (Å²) in [6.07, 6.45) is 1.69.